The predicted molar refractivity (Wildman–Crippen MR) is 427 cm³/mol. The van der Waals surface area contributed by atoms with E-state index >= 15 is 24.0 Å². The summed E-state index contributed by atoms with van der Waals surface area (Å²) < 4.78 is 1.37. The fraction of sp³-hybridized carbons (Fsp3) is 0.727. The molecule has 2 saturated carbocycles. The SMILES string of the molecule is C[C@@H](O)[C@@H]1NC(=O)[C@@H]2CCCn3cc(nn3)C[C@@H](NC(=O)[C@H](CC3CNC4NCCCC34)NC(=O)[C@H]([C@@H](C)O)NC(=O)[C@H](CC3CNCN3)NC(=O)[C@H](CC3CCC(O)CC3)NC(=O)[C@H](C(C)(C)C)NC(=O)CCSCc3cccc(c3)CSC[C@@H](C(N)=O)NC1=O)C(=O)N[C@@H](CCC(=O)O)C(=O)N[C@@H](CC1CCC(O)CC1)C(=O)N2. The van der Waals surface area contributed by atoms with Crippen molar-refractivity contribution in [2.24, 2.45) is 34.8 Å². The van der Waals surface area contributed by atoms with Crippen molar-refractivity contribution in [1.82, 2.24) is 94.7 Å². The summed E-state index contributed by atoms with van der Waals surface area (Å²) in [5.41, 5.74) is 6.78. The van der Waals surface area contributed by atoms with E-state index in [0.717, 1.165) is 24.0 Å². The van der Waals surface area contributed by atoms with Gasteiger partial charge in [-0.05, 0) is 176 Å². The zero-order valence-corrected chi connectivity index (χ0v) is 68.4. The van der Waals surface area contributed by atoms with Crippen LogP contribution in [0.4, 0.5) is 0 Å². The van der Waals surface area contributed by atoms with Gasteiger partial charge in [0.05, 0.1) is 36.3 Å². The Labute approximate surface area is 683 Å². The molecule has 1 aromatic heterocycles. The number of carbonyl (C=O) groups is 13. The van der Waals surface area contributed by atoms with Crippen molar-refractivity contribution < 1.29 is 87.9 Å². The topological polar surface area (TPSA) is 560 Å². The Morgan fingerprint density at radius 2 is 1.13 bits per heavy atom. The molecule has 0 radical (unpaired) electrons. The average Bonchev–Trinajstić information content (AvgIpc) is 1.69. The van der Waals surface area contributed by atoms with Crippen molar-refractivity contribution >= 4 is 100 Å². The highest BCUT2D eigenvalue weighted by Gasteiger charge is 2.45. The highest BCUT2D eigenvalue weighted by molar-refractivity contribution is 7.98. The number of hydrogen-bond acceptors (Lipinski definition) is 25. The number of nitrogens with zero attached hydrogens (tertiary/aromatic N) is 3. The summed E-state index contributed by atoms with van der Waals surface area (Å²) in [6, 6.07) is -9.68. The van der Waals surface area contributed by atoms with Gasteiger partial charge in [0.25, 0.3) is 0 Å². The summed E-state index contributed by atoms with van der Waals surface area (Å²) >= 11 is 2.72. The Hall–Kier alpha value is -8.15. The minimum Gasteiger partial charge on any atom is -0.481 e. The third-order valence-corrected chi connectivity index (χ3v) is 25.0. The molecule has 2 aliphatic carbocycles. The highest BCUT2D eigenvalue weighted by Crippen LogP contribution is 2.34. The van der Waals surface area contributed by atoms with Gasteiger partial charge in [-0.25, -0.2) is 0 Å². The number of aryl methyl sites for hydroxylation is 1. The second kappa shape index (κ2) is 44.1. The molecule has 37 nitrogen and oxygen atoms in total. The van der Waals surface area contributed by atoms with Gasteiger partial charge in [0, 0.05) is 74.3 Å². The number of fused-ring (bicyclic) bond motifs is 7. The van der Waals surface area contributed by atoms with E-state index < -0.39 is 198 Å². The lowest BCUT2D eigenvalue weighted by molar-refractivity contribution is -0.139. The van der Waals surface area contributed by atoms with Crippen LogP contribution in [-0.2, 0) is 86.8 Å². The van der Waals surface area contributed by atoms with E-state index in [2.05, 4.69) is 90.1 Å². The number of nitrogens with two attached hydrogens (primary N) is 1. The third kappa shape index (κ3) is 28.0. The molecule has 9 rings (SSSR count). The number of aromatic nitrogens is 3. The number of aliphatic carboxylic acids is 1. The highest BCUT2D eigenvalue weighted by atomic mass is 32.2. The molecule has 7 aliphatic rings. The molecule has 644 valence electrons. The standard InChI is InChI=1S/C77H121N19O18S2/c1-40(97)62-74(112)88-56(30-46-33-81-66-51(46)11-7-24-80-66)71(109)87-58-32-48-35-96(95-94-48)25-8-12-52(83-69(107)54(28-42-13-17-49(99)18-14-42)85-67(105)53(84-72(58)110)21-22-61(102)103)68(106)92-63(41(2)98)75(113)90-59(65(78)104)38-116-37-45-10-6-9-44(27-45)36-115-26-23-60(101)91-64(77(3,4)5)76(114)89-55(29-43-15-19-50(100)20-16-43)70(108)86-57(73(111)93-62)31-47-34-79-39-82-47/h6,9-10,27,35,40-43,46-47,49-59,62-64,66,79-82,97-100H,7-8,11-26,28-34,36-39H2,1-5H3,(H2,78,104)(H,83,107)(H,84,110)(H,85,105)(H,86,108)(H,87,109)(H,88,112)(H,89,114)(H,90,113)(H,91,101)(H,92,106)(H,93,111)(H,102,103)/t40-,41-,42?,43?,46?,47?,49?,50?,51?,52+,53+,54+,55+,56+,57+,58-,59+,62+,63+,64-,66?/m1/s1. The van der Waals surface area contributed by atoms with Crippen LogP contribution in [0.25, 0.3) is 0 Å². The third-order valence-electron chi connectivity index (χ3n) is 22.9. The van der Waals surface area contributed by atoms with E-state index in [0.29, 0.717) is 94.9 Å². The number of nitrogens with one attached hydrogen (secondary N) is 15. The van der Waals surface area contributed by atoms with E-state index in [1.165, 1.54) is 48.2 Å². The van der Waals surface area contributed by atoms with Crippen LogP contribution in [0.3, 0.4) is 0 Å². The molecule has 17 atom stereocenters. The van der Waals surface area contributed by atoms with Crippen molar-refractivity contribution in [2.45, 2.75) is 284 Å². The first-order valence-corrected chi connectivity index (χ1v) is 43.1. The molecule has 1 aromatic carbocycles. The minimum absolute atomic E-state index is 0.000876. The van der Waals surface area contributed by atoms with Crippen molar-refractivity contribution in [2.75, 3.05) is 37.8 Å². The van der Waals surface area contributed by atoms with Crippen LogP contribution in [-0.4, -0.2) is 258 Å². The van der Waals surface area contributed by atoms with Crippen molar-refractivity contribution in [3.8, 4) is 0 Å². The Bertz CT molecular complexity index is 3720. The summed E-state index contributed by atoms with van der Waals surface area (Å²) in [5, 5.41) is 106. The van der Waals surface area contributed by atoms with Crippen molar-refractivity contribution in [3.63, 3.8) is 0 Å². The Morgan fingerprint density at radius 3 is 1.73 bits per heavy atom. The lowest BCUT2D eigenvalue weighted by Gasteiger charge is -2.34. The number of carboxylic acid groups (broad SMARTS) is 1. The number of amides is 12. The smallest absolute Gasteiger partial charge is 0.303 e. The number of aliphatic hydroxyl groups excluding tert-OH is 4. The number of piperidine rings is 1. The molecule has 6 bridgehead atoms. The van der Waals surface area contributed by atoms with Gasteiger partial charge in [0.1, 0.15) is 66.5 Å². The minimum atomic E-state index is -1.82. The van der Waals surface area contributed by atoms with E-state index in [4.69, 9.17) is 5.73 Å². The maximum atomic E-state index is 15.5. The van der Waals surface area contributed by atoms with Gasteiger partial charge in [-0.3, -0.25) is 67.0 Å². The van der Waals surface area contributed by atoms with E-state index in [-0.39, 0.29) is 92.8 Å². The molecule has 116 heavy (non-hydrogen) atoms. The maximum absolute atomic E-state index is 15.5. The Morgan fingerprint density at radius 1 is 0.586 bits per heavy atom. The molecule has 22 N–H and O–H groups in total. The Kier molecular flexibility index (Phi) is 34.8. The molecule has 6 heterocycles. The predicted octanol–water partition coefficient (Wildman–Crippen LogP) is -3.60. The monoisotopic (exact) mass is 1660 g/mol. The molecule has 5 aliphatic heterocycles. The lowest BCUT2D eigenvalue weighted by Crippen LogP contribution is -2.63. The van der Waals surface area contributed by atoms with Gasteiger partial charge in [0.2, 0.25) is 70.9 Å². The van der Waals surface area contributed by atoms with Crippen molar-refractivity contribution in [3.05, 3.63) is 47.3 Å². The summed E-state index contributed by atoms with van der Waals surface area (Å²) in [4.78, 5) is 189. The summed E-state index contributed by atoms with van der Waals surface area (Å²) in [5.74, 6) is -11.8. The quantitative estimate of drug-likeness (QED) is 0.0869. The van der Waals surface area contributed by atoms with Gasteiger partial charge >= 0.3 is 5.97 Å². The van der Waals surface area contributed by atoms with Crippen LogP contribution in [0.5, 0.6) is 0 Å². The number of carbonyl (C=O) groups excluding carboxylic acids is 12. The molecule has 12 amide bonds. The van der Waals surface area contributed by atoms with E-state index in [1.807, 2.05) is 24.3 Å². The molecule has 5 fully saturated rings. The Balaban J connectivity index is 1.07. The van der Waals surface area contributed by atoms with Crippen LogP contribution in [0.2, 0.25) is 0 Å². The van der Waals surface area contributed by atoms with Crippen LogP contribution in [0, 0.1) is 29.1 Å². The number of benzene rings is 1. The number of hydrogen-bond donors (Lipinski definition) is 21. The molecular formula is C77H121N19O18S2. The van der Waals surface area contributed by atoms with Crippen LogP contribution in [0.1, 0.15) is 173 Å². The van der Waals surface area contributed by atoms with Gasteiger partial charge in [-0.1, -0.05) is 50.3 Å². The molecule has 39 heteroatoms. The number of rotatable bonds is 14. The molecule has 2 aromatic rings. The largest absolute Gasteiger partial charge is 0.481 e. The number of carboxylic acids is 1. The number of primary amides is 1. The first kappa shape index (κ1) is 91.7. The first-order chi connectivity index (χ1) is 55.2. The second-order valence-electron chi connectivity index (χ2n) is 33.3. The molecular weight excluding hydrogens is 1540 g/mol. The van der Waals surface area contributed by atoms with Crippen molar-refractivity contribution in [1.29, 1.82) is 0 Å². The first-order valence-electron chi connectivity index (χ1n) is 40.8. The van der Waals surface area contributed by atoms with Gasteiger partial charge in [-0.15, -0.1) is 5.10 Å². The summed E-state index contributed by atoms with van der Waals surface area (Å²) in [7, 11) is 0. The van der Waals surface area contributed by atoms with E-state index in [1.54, 1.807) is 20.8 Å². The fourth-order valence-corrected chi connectivity index (χ4v) is 18.1. The van der Waals surface area contributed by atoms with Gasteiger partial charge in [0.15, 0.2) is 0 Å². The zero-order chi connectivity index (χ0) is 83.9. The van der Waals surface area contributed by atoms with Crippen LogP contribution in [0.15, 0.2) is 30.5 Å². The summed E-state index contributed by atoms with van der Waals surface area (Å²) in [6.07, 6.45) is -0.252. The fourth-order valence-electron chi connectivity index (χ4n) is 16.2. The van der Waals surface area contributed by atoms with Gasteiger partial charge < -0.3 is 111 Å². The molecule has 3 saturated heterocycles. The zero-order valence-electron chi connectivity index (χ0n) is 66.8. The number of aliphatic hydroxyl groups is 4. The molecule has 0 spiro atoms. The maximum Gasteiger partial charge on any atom is 0.303 e. The second-order valence-corrected chi connectivity index (χ2v) is 35.5. The van der Waals surface area contributed by atoms with E-state index in [9.17, 15) is 63.9 Å². The normalized spacial score (nSPS) is 32.5. The van der Waals surface area contributed by atoms with Crippen LogP contribution < -0.4 is 85.5 Å². The molecule has 4 unspecified atom stereocenters. The van der Waals surface area contributed by atoms with Crippen LogP contribution >= 0.6 is 23.5 Å². The van der Waals surface area contributed by atoms with Gasteiger partial charge in [-0.2, -0.15) is 23.5 Å². The lowest BCUT2D eigenvalue weighted by atomic mass is 9.82. The average molecular weight is 1670 g/mol. The summed E-state index contributed by atoms with van der Waals surface area (Å²) in [6.45, 7) is 9.52. The number of thioether (sulfide) groups is 2.